The average molecular weight is 130 g/mol. The van der Waals surface area contributed by atoms with Gasteiger partial charge < -0.3 is 5.11 Å². The Morgan fingerprint density at radius 1 is 1.89 bits per heavy atom. The molecule has 0 saturated heterocycles. The molecule has 0 aromatic heterocycles. The molecule has 0 amide bonds. The van der Waals surface area contributed by atoms with E-state index in [1.165, 1.54) is 13.1 Å². The highest BCUT2D eigenvalue weighted by molar-refractivity contribution is 5.79. The topological polar surface area (TPSA) is 75.7 Å². The second-order valence-electron chi connectivity index (χ2n) is 1.84. The number of carboxylic acids is 1. The number of carbonyl (C=O) groups is 1. The minimum absolute atomic E-state index is 1.12. The third kappa shape index (κ3) is 2.23. The molecule has 0 aromatic carbocycles. The van der Waals surface area contributed by atoms with Crippen molar-refractivity contribution in [2.45, 2.75) is 19.5 Å². The second kappa shape index (κ2) is 2.59. The van der Waals surface area contributed by atoms with Crippen LogP contribution in [-0.2, 0) is 4.79 Å². The second-order valence-corrected chi connectivity index (χ2v) is 1.84. The maximum atomic E-state index is 10.2. The Hall–Kier alpha value is -0.900. The van der Waals surface area contributed by atoms with E-state index in [1.54, 1.807) is 6.92 Å². The van der Waals surface area contributed by atoms with Crippen molar-refractivity contribution < 1.29 is 9.90 Å². The van der Waals surface area contributed by atoms with Crippen LogP contribution in [0.15, 0.2) is 4.99 Å². The van der Waals surface area contributed by atoms with Crippen LogP contribution in [0, 0.1) is 0 Å². The lowest BCUT2D eigenvalue weighted by Gasteiger charge is -2.11. The SMILES string of the molecule is CC=NC(C)(N)C(=O)O. The Bertz CT molecular complexity index is 140. The van der Waals surface area contributed by atoms with Gasteiger partial charge in [0, 0.05) is 0 Å². The third-order valence-corrected chi connectivity index (χ3v) is 0.830. The van der Waals surface area contributed by atoms with Gasteiger partial charge in [-0.1, -0.05) is 0 Å². The maximum Gasteiger partial charge on any atom is 0.346 e. The van der Waals surface area contributed by atoms with E-state index < -0.39 is 11.6 Å². The number of nitrogens with zero attached hydrogens (tertiary/aromatic N) is 1. The van der Waals surface area contributed by atoms with E-state index >= 15 is 0 Å². The van der Waals surface area contributed by atoms with Gasteiger partial charge in [-0.25, -0.2) is 4.79 Å². The van der Waals surface area contributed by atoms with Crippen molar-refractivity contribution in [3.63, 3.8) is 0 Å². The lowest BCUT2D eigenvalue weighted by atomic mass is 10.2. The lowest BCUT2D eigenvalue weighted by molar-refractivity contribution is -0.142. The molecule has 0 heterocycles. The first-order valence-corrected chi connectivity index (χ1v) is 2.53. The van der Waals surface area contributed by atoms with Gasteiger partial charge in [0.25, 0.3) is 0 Å². The van der Waals surface area contributed by atoms with E-state index in [1.807, 2.05) is 0 Å². The largest absolute Gasteiger partial charge is 0.478 e. The van der Waals surface area contributed by atoms with Crippen molar-refractivity contribution >= 4 is 12.2 Å². The molecular weight excluding hydrogens is 120 g/mol. The van der Waals surface area contributed by atoms with E-state index in [9.17, 15) is 4.79 Å². The molecular formula is C5H10N2O2. The predicted octanol–water partition coefficient (Wildman–Crippen LogP) is -0.163. The summed E-state index contributed by atoms with van der Waals surface area (Å²) in [6, 6.07) is 0. The molecule has 0 aliphatic rings. The van der Waals surface area contributed by atoms with Gasteiger partial charge in [-0.2, -0.15) is 0 Å². The van der Waals surface area contributed by atoms with Gasteiger partial charge in [0.2, 0.25) is 5.66 Å². The number of hydrogen-bond donors (Lipinski definition) is 2. The van der Waals surface area contributed by atoms with E-state index in [0.717, 1.165) is 0 Å². The Morgan fingerprint density at radius 3 is 2.44 bits per heavy atom. The quantitative estimate of drug-likeness (QED) is 0.510. The molecule has 0 fully saturated rings. The molecule has 0 radical (unpaired) electrons. The van der Waals surface area contributed by atoms with Crippen molar-refractivity contribution in [2.75, 3.05) is 0 Å². The summed E-state index contributed by atoms with van der Waals surface area (Å²) < 4.78 is 0. The number of aliphatic carboxylic acids is 1. The fourth-order valence-electron chi connectivity index (χ4n) is 0.323. The van der Waals surface area contributed by atoms with Gasteiger partial charge in [-0.15, -0.1) is 0 Å². The Labute approximate surface area is 53.4 Å². The molecule has 1 atom stereocenters. The first-order valence-electron chi connectivity index (χ1n) is 2.53. The molecule has 0 rings (SSSR count). The minimum atomic E-state index is -1.46. The summed E-state index contributed by atoms with van der Waals surface area (Å²) in [4.78, 5) is 13.7. The van der Waals surface area contributed by atoms with Crippen molar-refractivity contribution in [2.24, 2.45) is 10.7 Å². The highest BCUT2D eigenvalue weighted by atomic mass is 16.4. The zero-order valence-electron chi connectivity index (χ0n) is 5.46. The lowest BCUT2D eigenvalue weighted by Crippen LogP contribution is -2.42. The zero-order valence-corrected chi connectivity index (χ0v) is 5.46. The van der Waals surface area contributed by atoms with Gasteiger partial charge in [0.05, 0.1) is 0 Å². The highest BCUT2D eigenvalue weighted by Gasteiger charge is 2.24. The standard InChI is InChI=1S/C5H10N2O2/c1-3-7-5(2,6)4(8)9/h3H,6H2,1-2H3,(H,8,9). The number of aliphatic imine (C=N–C) groups is 1. The molecule has 3 N–H and O–H groups in total. The molecule has 52 valence electrons. The number of hydrogen-bond acceptors (Lipinski definition) is 3. The molecule has 0 aliphatic carbocycles. The third-order valence-electron chi connectivity index (χ3n) is 0.830. The monoisotopic (exact) mass is 130 g/mol. The van der Waals surface area contributed by atoms with Crippen LogP contribution in [0.4, 0.5) is 0 Å². The van der Waals surface area contributed by atoms with Crippen LogP contribution in [0.3, 0.4) is 0 Å². The van der Waals surface area contributed by atoms with Gasteiger partial charge in [0.1, 0.15) is 0 Å². The van der Waals surface area contributed by atoms with Crippen LogP contribution in [0.2, 0.25) is 0 Å². The van der Waals surface area contributed by atoms with E-state index in [4.69, 9.17) is 10.8 Å². The molecule has 0 saturated carbocycles. The van der Waals surface area contributed by atoms with E-state index in [-0.39, 0.29) is 0 Å². The van der Waals surface area contributed by atoms with Crippen LogP contribution in [0.5, 0.6) is 0 Å². The summed E-state index contributed by atoms with van der Waals surface area (Å²) in [5.74, 6) is -1.12. The number of carboxylic acid groups (broad SMARTS) is 1. The number of rotatable bonds is 2. The van der Waals surface area contributed by atoms with Gasteiger partial charge >= 0.3 is 5.97 Å². The Morgan fingerprint density at radius 2 is 2.33 bits per heavy atom. The van der Waals surface area contributed by atoms with E-state index in [2.05, 4.69) is 4.99 Å². The van der Waals surface area contributed by atoms with Gasteiger partial charge in [-0.05, 0) is 20.1 Å². The summed E-state index contributed by atoms with van der Waals surface area (Å²) in [6.07, 6.45) is 1.37. The van der Waals surface area contributed by atoms with Crippen LogP contribution in [0.1, 0.15) is 13.8 Å². The summed E-state index contributed by atoms with van der Waals surface area (Å²) in [7, 11) is 0. The minimum Gasteiger partial charge on any atom is -0.478 e. The fourth-order valence-corrected chi connectivity index (χ4v) is 0.323. The Balaban J connectivity index is 4.19. The molecule has 4 nitrogen and oxygen atoms in total. The van der Waals surface area contributed by atoms with Crippen LogP contribution < -0.4 is 5.73 Å². The maximum absolute atomic E-state index is 10.2. The summed E-state index contributed by atoms with van der Waals surface area (Å²) >= 11 is 0. The fraction of sp³-hybridized carbons (Fsp3) is 0.600. The van der Waals surface area contributed by atoms with Crippen LogP contribution >= 0.6 is 0 Å². The molecule has 9 heavy (non-hydrogen) atoms. The first kappa shape index (κ1) is 8.10. The van der Waals surface area contributed by atoms with Crippen molar-refractivity contribution in [3.8, 4) is 0 Å². The molecule has 1 unspecified atom stereocenters. The smallest absolute Gasteiger partial charge is 0.346 e. The molecule has 4 heteroatoms. The van der Waals surface area contributed by atoms with Crippen LogP contribution in [-0.4, -0.2) is 23.0 Å². The number of nitrogens with two attached hydrogens (primary N) is 1. The van der Waals surface area contributed by atoms with Crippen LogP contribution in [0.25, 0.3) is 0 Å². The highest BCUT2D eigenvalue weighted by Crippen LogP contribution is 1.98. The Kier molecular flexibility index (Phi) is 2.33. The predicted molar refractivity (Wildman–Crippen MR) is 34.4 cm³/mol. The molecule has 0 spiro atoms. The summed E-state index contributed by atoms with van der Waals surface area (Å²) in [5, 5.41) is 8.33. The van der Waals surface area contributed by atoms with Gasteiger partial charge in [0.15, 0.2) is 0 Å². The molecule has 0 aliphatic heterocycles. The first-order chi connectivity index (χ1) is 4.00. The van der Waals surface area contributed by atoms with Crippen molar-refractivity contribution in [1.82, 2.24) is 0 Å². The van der Waals surface area contributed by atoms with Crippen molar-refractivity contribution in [1.29, 1.82) is 0 Å². The zero-order chi connectivity index (χ0) is 7.49. The molecule has 0 bridgehead atoms. The molecule has 0 aromatic rings. The normalized spacial score (nSPS) is 17.7. The van der Waals surface area contributed by atoms with Gasteiger partial charge in [-0.3, -0.25) is 10.7 Å². The van der Waals surface area contributed by atoms with E-state index in [0.29, 0.717) is 0 Å². The average Bonchev–Trinajstić information content (AvgIpc) is 1.65. The van der Waals surface area contributed by atoms with Crippen molar-refractivity contribution in [3.05, 3.63) is 0 Å². The summed E-state index contributed by atoms with van der Waals surface area (Å²) in [5.41, 5.74) is 3.71. The summed E-state index contributed by atoms with van der Waals surface area (Å²) in [6.45, 7) is 2.95.